The number of carbonyl (C=O) groups is 1. The lowest BCUT2D eigenvalue weighted by Gasteiger charge is -2.01. The molecule has 76 valence electrons. The summed E-state index contributed by atoms with van der Waals surface area (Å²) in [5.74, 6) is 0.465. The Morgan fingerprint density at radius 3 is 2.93 bits per heavy atom. The SMILES string of the molecule is COc1cccc(C(=O)c2ccon2)c1. The van der Waals surface area contributed by atoms with E-state index in [1.807, 2.05) is 0 Å². The zero-order valence-electron chi connectivity index (χ0n) is 8.14. The van der Waals surface area contributed by atoms with Crippen molar-refractivity contribution in [2.24, 2.45) is 0 Å². The lowest BCUT2D eigenvalue weighted by molar-refractivity contribution is 0.103. The van der Waals surface area contributed by atoms with E-state index in [9.17, 15) is 4.79 Å². The number of rotatable bonds is 3. The van der Waals surface area contributed by atoms with Gasteiger partial charge in [-0.3, -0.25) is 4.79 Å². The summed E-state index contributed by atoms with van der Waals surface area (Å²) < 4.78 is 9.64. The molecule has 0 radical (unpaired) electrons. The lowest BCUT2D eigenvalue weighted by atomic mass is 10.1. The summed E-state index contributed by atoms with van der Waals surface area (Å²) >= 11 is 0. The third-order valence-electron chi connectivity index (χ3n) is 2.00. The summed E-state index contributed by atoms with van der Waals surface area (Å²) in [7, 11) is 1.56. The highest BCUT2D eigenvalue weighted by Crippen LogP contribution is 2.15. The predicted octanol–water partition coefficient (Wildman–Crippen LogP) is 1.91. The maximum absolute atomic E-state index is 11.8. The van der Waals surface area contributed by atoms with Crippen LogP contribution in [-0.4, -0.2) is 18.0 Å². The molecule has 4 nitrogen and oxygen atoms in total. The van der Waals surface area contributed by atoms with Gasteiger partial charge in [-0.05, 0) is 12.1 Å². The Morgan fingerprint density at radius 1 is 1.40 bits per heavy atom. The van der Waals surface area contributed by atoms with E-state index in [4.69, 9.17) is 4.74 Å². The topological polar surface area (TPSA) is 52.3 Å². The maximum atomic E-state index is 11.8. The second-order valence-electron chi connectivity index (χ2n) is 2.95. The molecule has 2 rings (SSSR count). The average Bonchev–Trinajstić information content (AvgIpc) is 2.81. The molecule has 0 saturated heterocycles. The van der Waals surface area contributed by atoms with Crippen molar-refractivity contribution in [2.45, 2.75) is 0 Å². The van der Waals surface area contributed by atoms with Gasteiger partial charge in [-0.25, -0.2) is 0 Å². The van der Waals surface area contributed by atoms with E-state index >= 15 is 0 Å². The van der Waals surface area contributed by atoms with E-state index in [1.54, 1.807) is 31.4 Å². The van der Waals surface area contributed by atoms with Crippen LogP contribution in [0.3, 0.4) is 0 Å². The second-order valence-corrected chi connectivity index (χ2v) is 2.95. The van der Waals surface area contributed by atoms with Crippen LogP contribution in [0.25, 0.3) is 0 Å². The molecule has 1 aromatic carbocycles. The molecule has 15 heavy (non-hydrogen) atoms. The molecule has 0 unspecified atom stereocenters. The van der Waals surface area contributed by atoms with Crippen LogP contribution in [0.5, 0.6) is 5.75 Å². The van der Waals surface area contributed by atoms with Gasteiger partial charge in [0.2, 0.25) is 5.78 Å². The standard InChI is InChI=1S/C11H9NO3/c1-14-9-4-2-3-8(7-9)11(13)10-5-6-15-12-10/h2-7H,1H3. The van der Waals surface area contributed by atoms with E-state index in [2.05, 4.69) is 9.68 Å². The maximum Gasteiger partial charge on any atom is 0.215 e. The minimum absolute atomic E-state index is 0.178. The first-order valence-electron chi connectivity index (χ1n) is 4.40. The summed E-state index contributed by atoms with van der Waals surface area (Å²) in [5, 5.41) is 3.58. The molecular formula is C11H9NO3. The molecule has 0 N–H and O–H groups in total. The molecule has 0 aliphatic carbocycles. The van der Waals surface area contributed by atoms with E-state index < -0.39 is 0 Å². The van der Waals surface area contributed by atoms with Crippen LogP contribution in [0.4, 0.5) is 0 Å². The number of aromatic nitrogens is 1. The van der Waals surface area contributed by atoms with Crippen LogP contribution in [0.15, 0.2) is 41.1 Å². The van der Waals surface area contributed by atoms with Gasteiger partial charge in [0.15, 0.2) is 5.69 Å². The average molecular weight is 203 g/mol. The molecule has 2 aromatic rings. The van der Waals surface area contributed by atoms with Crippen molar-refractivity contribution in [3.63, 3.8) is 0 Å². The van der Waals surface area contributed by atoms with Crippen LogP contribution in [0, 0.1) is 0 Å². The molecule has 0 saturated carbocycles. The van der Waals surface area contributed by atoms with Gasteiger partial charge in [0.05, 0.1) is 7.11 Å². The fourth-order valence-corrected chi connectivity index (χ4v) is 1.24. The van der Waals surface area contributed by atoms with Gasteiger partial charge in [0, 0.05) is 11.6 Å². The summed E-state index contributed by atoms with van der Waals surface area (Å²) in [6.07, 6.45) is 1.37. The van der Waals surface area contributed by atoms with Gasteiger partial charge in [0.25, 0.3) is 0 Å². The molecule has 0 fully saturated rings. The number of ether oxygens (including phenoxy) is 1. The number of ketones is 1. The first-order chi connectivity index (χ1) is 7.31. The smallest absolute Gasteiger partial charge is 0.215 e. The van der Waals surface area contributed by atoms with Crippen molar-refractivity contribution in [1.82, 2.24) is 5.16 Å². The third kappa shape index (κ3) is 1.88. The van der Waals surface area contributed by atoms with Gasteiger partial charge in [-0.15, -0.1) is 0 Å². The fourth-order valence-electron chi connectivity index (χ4n) is 1.24. The molecule has 0 atom stereocenters. The van der Waals surface area contributed by atoms with Gasteiger partial charge >= 0.3 is 0 Å². The normalized spacial score (nSPS) is 9.93. The molecule has 1 aromatic heterocycles. The van der Waals surface area contributed by atoms with E-state index in [0.29, 0.717) is 17.0 Å². The summed E-state index contributed by atoms with van der Waals surface area (Å²) in [6.45, 7) is 0. The third-order valence-corrected chi connectivity index (χ3v) is 2.00. The molecule has 0 bridgehead atoms. The molecule has 4 heteroatoms. The highest BCUT2D eigenvalue weighted by atomic mass is 16.5. The van der Waals surface area contributed by atoms with Crippen molar-refractivity contribution in [2.75, 3.05) is 7.11 Å². The zero-order valence-corrected chi connectivity index (χ0v) is 8.14. The number of hydrogen-bond donors (Lipinski definition) is 0. The predicted molar refractivity (Wildman–Crippen MR) is 52.9 cm³/mol. The Bertz CT molecular complexity index is 462. The van der Waals surface area contributed by atoms with Gasteiger partial charge in [-0.2, -0.15) is 0 Å². The lowest BCUT2D eigenvalue weighted by Crippen LogP contribution is -2.01. The Kier molecular flexibility index (Phi) is 2.49. The summed E-state index contributed by atoms with van der Waals surface area (Å²) in [4.78, 5) is 11.8. The van der Waals surface area contributed by atoms with Crippen molar-refractivity contribution in [3.05, 3.63) is 47.9 Å². The van der Waals surface area contributed by atoms with E-state index in [-0.39, 0.29) is 5.78 Å². The minimum atomic E-state index is -0.178. The van der Waals surface area contributed by atoms with Gasteiger partial charge in [-0.1, -0.05) is 17.3 Å². The number of nitrogens with zero attached hydrogens (tertiary/aromatic N) is 1. The molecule has 0 spiro atoms. The van der Waals surface area contributed by atoms with E-state index in [0.717, 1.165) is 0 Å². The monoisotopic (exact) mass is 203 g/mol. The van der Waals surface area contributed by atoms with Crippen molar-refractivity contribution < 1.29 is 14.1 Å². The number of benzene rings is 1. The Balaban J connectivity index is 2.34. The van der Waals surface area contributed by atoms with Gasteiger partial charge in [0.1, 0.15) is 12.0 Å². The van der Waals surface area contributed by atoms with Crippen LogP contribution in [0.1, 0.15) is 16.1 Å². The number of methoxy groups -OCH3 is 1. The van der Waals surface area contributed by atoms with Crippen molar-refractivity contribution in [1.29, 1.82) is 0 Å². The Labute approximate surface area is 86.5 Å². The number of carbonyl (C=O) groups excluding carboxylic acids is 1. The van der Waals surface area contributed by atoms with Crippen LogP contribution in [0.2, 0.25) is 0 Å². The second kappa shape index (κ2) is 3.96. The Hall–Kier alpha value is -2.10. The van der Waals surface area contributed by atoms with E-state index in [1.165, 1.54) is 12.3 Å². The van der Waals surface area contributed by atoms with Crippen LogP contribution in [-0.2, 0) is 0 Å². The quantitative estimate of drug-likeness (QED) is 0.715. The van der Waals surface area contributed by atoms with Crippen molar-refractivity contribution in [3.8, 4) is 5.75 Å². The number of hydrogen-bond acceptors (Lipinski definition) is 4. The highest BCUT2D eigenvalue weighted by molar-refractivity contribution is 6.07. The van der Waals surface area contributed by atoms with Crippen LogP contribution < -0.4 is 4.74 Å². The first kappa shape index (κ1) is 9.45. The molecular weight excluding hydrogens is 194 g/mol. The van der Waals surface area contributed by atoms with Crippen LogP contribution >= 0.6 is 0 Å². The van der Waals surface area contributed by atoms with Gasteiger partial charge < -0.3 is 9.26 Å². The first-order valence-corrected chi connectivity index (χ1v) is 4.40. The Morgan fingerprint density at radius 2 is 2.27 bits per heavy atom. The molecule has 0 aliphatic rings. The summed E-state index contributed by atoms with van der Waals surface area (Å²) in [6, 6.07) is 8.43. The molecule has 0 aliphatic heterocycles. The highest BCUT2D eigenvalue weighted by Gasteiger charge is 2.12. The zero-order chi connectivity index (χ0) is 10.7. The fraction of sp³-hybridized carbons (Fsp3) is 0.0909. The summed E-state index contributed by atoms with van der Waals surface area (Å²) in [5.41, 5.74) is 0.825. The molecule has 1 heterocycles. The largest absolute Gasteiger partial charge is 0.497 e. The minimum Gasteiger partial charge on any atom is -0.497 e. The van der Waals surface area contributed by atoms with Crippen molar-refractivity contribution >= 4 is 5.78 Å². The molecule has 0 amide bonds.